The maximum Gasteiger partial charge on any atom is 0.170 e. The third kappa shape index (κ3) is 4.22. The van der Waals surface area contributed by atoms with Crippen LogP contribution in [0.1, 0.15) is 35.7 Å². The summed E-state index contributed by atoms with van der Waals surface area (Å²) < 4.78 is 7.28. The lowest BCUT2D eigenvalue weighted by molar-refractivity contribution is 0.0808. The van der Waals surface area contributed by atoms with Crippen molar-refractivity contribution in [2.24, 2.45) is 5.92 Å². The number of hydrogen-bond acceptors (Lipinski definition) is 4. The summed E-state index contributed by atoms with van der Waals surface area (Å²) in [6, 6.07) is 5.22. The largest absolute Gasteiger partial charge is 0.496 e. The highest BCUT2D eigenvalue weighted by Crippen LogP contribution is 2.29. The highest BCUT2D eigenvalue weighted by Gasteiger charge is 2.28. The van der Waals surface area contributed by atoms with E-state index >= 15 is 0 Å². The first kappa shape index (κ1) is 18.0. The Hall–Kier alpha value is -1.85. The van der Waals surface area contributed by atoms with E-state index in [2.05, 4.69) is 23.1 Å². The molecule has 1 aliphatic heterocycles. The molecule has 1 atom stereocenters. The molecule has 134 valence electrons. The Labute approximate surface area is 153 Å². The molecule has 1 aromatic heterocycles. The third-order valence-corrected chi connectivity index (χ3v) is 4.96. The highest BCUT2D eigenvalue weighted by atomic mass is 35.5. The molecule has 1 aromatic carbocycles. The fourth-order valence-electron chi connectivity index (χ4n) is 3.43. The van der Waals surface area contributed by atoms with Crippen LogP contribution in [0.5, 0.6) is 5.75 Å². The fourth-order valence-corrected chi connectivity index (χ4v) is 3.60. The zero-order valence-corrected chi connectivity index (χ0v) is 15.5. The number of carbonyl (C=O) groups excluding carboxylic acids is 1. The molecule has 1 aliphatic rings. The Morgan fingerprint density at radius 3 is 3.00 bits per heavy atom. The smallest absolute Gasteiger partial charge is 0.170 e. The van der Waals surface area contributed by atoms with Crippen LogP contribution >= 0.6 is 11.6 Å². The number of likely N-dealkylation sites (tertiary alicyclic amines) is 1. The number of ether oxygens (including phenoxy) is 1. The van der Waals surface area contributed by atoms with Crippen molar-refractivity contribution < 1.29 is 9.53 Å². The molecule has 0 spiro atoms. The Morgan fingerprint density at radius 2 is 2.28 bits per heavy atom. The number of halogens is 1. The van der Waals surface area contributed by atoms with Gasteiger partial charge in [0.2, 0.25) is 0 Å². The third-order valence-electron chi connectivity index (χ3n) is 4.72. The second-order valence-corrected chi connectivity index (χ2v) is 6.92. The number of aromatic nitrogens is 2. The number of methoxy groups -OCH3 is 1. The molecule has 0 unspecified atom stereocenters. The van der Waals surface area contributed by atoms with Crippen LogP contribution in [-0.2, 0) is 13.1 Å². The van der Waals surface area contributed by atoms with Crippen LogP contribution in [-0.4, -0.2) is 40.7 Å². The lowest BCUT2D eigenvalue weighted by atomic mass is 9.89. The van der Waals surface area contributed by atoms with Crippen molar-refractivity contribution in [2.45, 2.75) is 32.9 Å². The van der Waals surface area contributed by atoms with Gasteiger partial charge in [0.15, 0.2) is 5.78 Å². The topological polar surface area (TPSA) is 47.4 Å². The summed E-state index contributed by atoms with van der Waals surface area (Å²) in [4.78, 5) is 15.3. The minimum absolute atomic E-state index is 0.0256. The van der Waals surface area contributed by atoms with E-state index in [9.17, 15) is 4.79 Å². The molecule has 0 aliphatic carbocycles. The molecule has 5 nitrogen and oxygen atoms in total. The molecule has 1 saturated heterocycles. The standard InChI is InChI=1S/C19H24ClN3O2/c1-3-23-12-14(10-21-23)11-22-8-4-5-15(13-22)19(24)17-9-16(20)6-7-18(17)25-2/h6-7,9-10,12,15H,3-5,8,11,13H2,1-2H3/t15-/m1/s1. The van der Waals surface area contributed by atoms with Gasteiger partial charge in [-0.2, -0.15) is 5.10 Å². The van der Waals surface area contributed by atoms with Gasteiger partial charge in [0.05, 0.1) is 18.9 Å². The monoisotopic (exact) mass is 361 g/mol. The molecule has 3 rings (SSSR count). The maximum absolute atomic E-state index is 13.0. The summed E-state index contributed by atoms with van der Waals surface area (Å²) in [6.07, 6.45) is 5.90. The van der Waals surface area contributed by atoms with Crippen LogP contribution in [0.15, 0.2) is 30.6 Å². The first-order valence-electron chi connectivity index (χ1n) is 8.72. The average molecular weight is 362 g/mol. The highest BCUT2D eigenvalue weighted by molar-refractivity contribution is 6.31. The molecular formula is C19H24ClN3O2. The maximum atomic E-state index is 13.0. The van der Waals surface area contributed by atoms with Crippen molar-refractivity contribution >= 4 is 17.4 Å². The van der Waals surface area contributed by atoms with Crippen molar-refractivity contribution in [2.75, 3.05) is 20.2 Å². The van der Waals surface area contributed by atoms with Gasteiger partial charge in [-0.25, -0.2) is 0 Å². The zero-order valence-electron chi connectivity index (χ0n) is 14.7. The number of benzene rings is 1. The predicted molar refractivity (Wildman–Crippen MR) is 98.2 cm³/mol. The van der Waals surface area contributed by atoms with E-state index in [4.69, 9.17) is 16.3 Å². The van der Waals surface area contributed by atoms with E-state index in [1.807, 2.05) is 10.9 Å². The van der Waals surface area contributed by atoms with Crippen molar-refractivity contribution in [1.82, 2.24) is 14.7 Å². The van der Waals surface area contributed by atoms with Crippen LogP contribution in [0, 0.1) is 5.92 Å². The first-order chi connectivity index (χ1) is 12.1. The van der Waals surface area contributed by atoms with Gasteiger partial charge in [-0.05, 0) is 44.5 Å². The van der Waals surface area contributed by atoms with Gasteiger partial charge in [-0.3, -0.25) is 14.4 Å². The number of ketones is 1. The van der Waals surface area contributed by atoms with Crippen LogP contribution in [0.25, 0.3) is 0 Å². The molecule has 0 amide bonds. The Bertz CT molecular complexity index is 744. The van der Waals surface area contributed by atoms with E-state index in [-0.39, 0.29) is 11.7 Å². The molecule has 0 saturated carbocycles. The number of carbonyl (C=O) groups is 1. The van der Waals surface area contributed by atoms with E-state index in [1.54, 1.807) is 25.3 Å². The summed E-state index contributed by atoms with van der Waals surface area (Å²) in [5.74, 6) is 0.686. The van der Waals surface area contributed by atoms with Gasteiger partial charge in [-0.1, -0.05) is 11.6 Å². The van der Waals surface area contributed by atoms with Crippen LogP contribution in [0.2, 0.25) is 5.02 Å². The summed E-state index contributed by atoms with van der Waals surface area (Å²) in [6.45, 7) is 5.54. The summed E-state index contributed by atoms with van der Waals surface area (Å²) in [5, 5.41) is 4.89. The molecule has 25 heavy (non-hydrogen) atoms. The van der Waals surface area contributed by atoms with Crippen LogP contribution < -0.4 is 4.74 Å². The second-order valence-electron chi connectivity index (χ2n) is 6.49. The molecule has 2 aromatic rings. The van der Waals surface area contributed by atoms with E-state index in [1.165, 1.54) is 5.56 Å². The summed E-state index contributed by atoms with van der Waals surface area (Å²) >= 11 is 6.08. The lowest BCUT2D eigenvalue weighted by Gasteiger charge is -2.31. The van der Waals surface area contributed by atoms with Crippen molar-refractivity contribution in [3.8, 4) is 5.75 Å². The molecule has 1 fully saturated rings. The van der Waals surface area contributed by atoms with Gasteiger partial charge in [0, 0.05) is 42.3 Å². The molecule has 0 bridgehead atoms. The quantitative estimate of drug-likeness (QED) is 0.737. The molecular weight excluding hydrogens is 338 g/mol. The number of rotatable bonds is 6. The predicted octanol–water partition coefficient (Wildman–Crippen LogP) is 3.66. The number of Topliss-reactive ketones (excluding diaryl/α,β-unsaturated/α-hetero) is 1. The van der Waals surface area contributed by atoms with Crippen molar-refractivity contribution in [3.63, 3.8) is 0 Å². The molecule has 2 heterocycles. The zero-order chi connectivity index (χ0) is 17.8. The Morgan fingerprint density at radius 1 is 1.44 bits per heavy atom. The van der Waals surface area contributed by atoms with Gasteiger partial charge in [0.1, 0.15) is 5.75 Å². The lowest BCUT2D eigenvalue weighted by Crippen LogP contribution is -2.38. The Kier molecular flexibility index (Phi) is 5.76. The fraction of sp³-hybridized carbons (Fsp3) is 0.474. The number of hydrogen-bond donors (Lipinski definition) is 0. The summed E-state index contributed by atoms with van der Waals surface area (Å²) in [5.41, 5.74) is 1.77. The number of nitrogens with zero attached hydrogens (tertiary/aromatic N) is 3. The SMILES string of the molecule is CCn1cc(CN2CCC[C@@H](C(=O)c3cc(Cl)ccc3OC)C2)cn1. The van der Waals surface area contributed by atoms with E-state index in [0.29, 0.717) is 16.3 Å². The number of aryl methyl sites for hydroxylation is 1. The summed E-state index contributed by atoms with van der Waals surface area (Å²) in [7, 11) is 1.58. The second kappa shape index (κ2) is 8.02. The van der Waals surface area contributed by atoms with Crippen molar-refractivity contribution in [3.05, 3.63) is 46.7 Å². The average Bonchev–Trinajstić information content (AvgIpc) is 3.09. The van der Waals surface area contributed by atoms with Crippen molar-refractivity contribution in [1.29, 1.82) is 0 Å². The number of piperidine rings is 1. The van der Waals surface area contributed by atoms with Gasteiger partial charge in [-0.15, -0.1) is 0 Å². The van der Waals surface area contributed by atoms with Gasteiger partial charge < -0.3 is 4.74 Å². The molecule has 0 N–H and O–H groups in total. The minimum Gasteiger partial charge on any atom is -0.496 e. The van der Waals surface area contributed by atoms with Crippen LogP contribution in [0.3, 0.4) is 0 Å². The Balaban J connectivity index is 1.70. The molecule has 6 heteroatoms. The van der Waals surface area contributed by atoms with Gasteiger partial charge in [0.25, 0.3) is 0 Å². The minimum atomic E-state index is -0.0256. The normalized spacial score (nSPS) is 18.3. The van der Waals surface area contributed by atoms with Crippen LogP contribution in [0.4, 0.5) is 0 Å². The van der Waals surface area contributed by atoms with E-state index in [0.717, 1.165) is 39.0 Å². The van der Waals surface area contributed by atoms with Gasteiger partial charge >= 0.3 is 0 Å². The first-order valence-corrected chi connectivity index (χ1v) is 9.10. The molecule has 0 radical (unpaired) electrons. The van der Waals surface area contributed by atoms with E-state index < -0.39 is 0 Å².